The maximum atomic E-state index is 12.4. The van der Waals surface area contributed by atoms with Gasteiger partial charge in [0, 0.05) is 32.0 Å². The van der Waals surface area contributed by atoms with Gasteiger partial charge in [0.15, 0.2) is 5.82 Å². The van der Waals surface area contributed by atoms with Gasteiger partial charge in [-0.25, -0.2) is 0 Å². The summed E-state index contributed by atoms with van der Waals surface area (Å²) < 4.78 is 15.9. The molecule has 8 heteroatoms. The van der Waals surface area contributed by atoms with Gasteiger partial charge in [-0.05, 0) is 24.3 Å². The van der Waals surface area contributed by atoms with Crippen molar-refractivity contribution in [2.75, 3.05) is 26.8 Å². The summed E-state index contributed by atoms with van der Waals surface area (Å²) in [6.45, 7) is 2.25. The molecule has 1 aliphatic rings. The SMILES string of the molecule is COCc1nc(CCOC2CCCN(C(=O)c3ccsc3)C2)no1. The van der Waals surface area contributed by atoms with Crippen molar-refractivity contribution in [3.8, 4) is 0 Å². The molecule has 2 aromatic rings. The van der Waals surface area contributed by atoms with Gasteiger partial charge in [0.2, 0.25) is 0 Å². The molecule has 1 unspecified atom stereocenters. The molecule has 24 heavy (non-hydrogen) atoms. The molecule has 3 rings (SSSR count). The third-order valence-electron chi connectivity index (χ3n) is 3.89. The Morgan fingerprint density at radius 2 is 2.46 bits per heavy atom. The monoisotopic (exact) mass is 351 g/mol. The van der Waals surface area contributed by atoms with Crippen LogP contribution in [0.4, 0.5) is 0 Å². The fourth-order valence-electron chi connectivity index (χ4n) is 2.72. The summed E-state index contributed by atoms with van der Waals surface area (Å²) in [5, 5.41) is 7.70. The van der Waals surface area contributed by atoms with Crippen LogP contribution < -0.4 is 0 Å². The van der Waals surface area contributed by atoms with Crippen LogP contribution in [0.2, 0.25) is 0 Å². The summed E-state index contributed by atoms with van der Waals surface area (Å²) in [5.74, 6) is 1.17. The van der Waals surface area contributed by atoms with Crippen molar-refractivity contribution in [2.45, 2.75) is 32.0 Å². The van der Waals surface area contributed by atoms with Gasteiger partial charge < -0.3 is 18.9 Å². The van der Waals surface area contributed by atoms with E-state index in [9.17, 15) is 4.79 Å². The van der Waals surface area contributed by atoms with Crippen LogP contribution in [0.3, 0.4) is 0 Å². The van der Waals surface area contributed by atoms with Gasteiger partial charge >= 0.3 is 0 Å². The molecule has 0 bridgehead atoms. The summed E-state index contributed by atoms with van der Waals surface area (Å²) in [4.78, 5) is 18.5. The van der Waals surface area contributed by atoms with Gasteiger partial charge in [-0.1, -0.05) is 5.16 Å². The van der Waals surface area contributed by atoms with E-state index in [1.54, 1.807) is 7.11 Å². The van der Waals surface area contributed by atoms with Crippen LogP contribution in [0.5, 0.6) is 0 Å². The zero-order valence-electron chi connectivity index (χ0n) is 13.6. The molecule has 0 N–H and O–H groups in total. The van der Waals surface area contributed by atoms with Crippen LogP contribution in [0.1, 0.15) is 34.9 Å². The minimum atomic E-state index is 0.0617. The minimum Gasteiger partial charge on any atom is -0.376 e. The Labute approximate surface area is 144 Å². The largest absolute Gasteiger partial charge is 0.376 e. The molecule has 0 aliphatic carbocycles. The predicted molar refractivity (Wildman–Crippen MR) is 87.9 cm³/mol. The van der Waals surface area contributed by atoms with E-state index >= 15 is 0 Å². The quantitative estimate of drug-likeness (QED) is 0.760. The van der Waals surface area contributed by atoms with Crippen LogP contribution in [0, 0.1) is 0 Å². The van der Waals surface area contributed by atoms with Crippen molar-refractivity contribution in [1.29, 1.82) is 0 Å². The zero-order chi connectivity index (χ0) is 16.8. The van der Waals surface area contributed by atoms with Crippen molar-refractivity contribution in [2.24, 2.45) is 0 Å². The van der Waals surface area contributed by atoms with Gasteiger partial charge in [0.1, 0.15) is 6.61 Å². The standard InChI is InChI=1S/C16H21N3O4S/c1-21-10-15-17-14(18-23-15)4-7-22-13-3-2-6-19(9-13)16(20)12-5-8-24-11-12/h5,8,11,13H,2-4,6-7,9-10H2,1H3. The van der Waals surface area contributed by atoms with Crippen LogP contribution in [-0.2, 0) is 22.5 Å². The lowest BCUT2D eigenvalue weighted by Gasteiger charge is -2.32. The Balaban J connectivity index is 1.44. The third kappa shape index (κ3) is 4.40. The minimum absolute atomic E-state index is 0.0617. The van der Waals surface area contributed by atoms with Crippen molar-refractivity contribution >= 4 is 17.2 Å². The van der Waals surface area contributed by atoms with Gasteiger partial charge in [-0.2, -0.15) is 16.3 Å². The molecule has 1 atom stereocenters. The number of nitrogens with zero attached hydrogens (tertiary/aromatic N) is 3. The van der Waals surface area contributed by atoms with E-state index in [2.05, 4.69) is 10.1 Å². The lowest BCUT2D eigenvalue weighted by Crippen LogP contribution is -2.43. The second-order valence-electron chi connectivity index (χ2n) is 5.69. The lowest BCUT2D eigenvalue weighted by molar-refractivity contribution is 0.00253. The zero-order valence-corrected chi connectivity index (χ0v) is 14.5. The molecule has 2 aromatic heterocycles. The Bertz CT molecular complexity index is 644. The first-order valence-electron chi connectivity index (χ1n) is 7.99. The highest BCUT2D eigenvalue weighted by Crippen LogP contribution is 2.17. The van der Waals surface area contributed by atoms with E-state index in [1.165, 1.54) is 11.3 Å². The molecule has 1 fully saturated rings. The number of piperidine rings is 1. The van der Waals surface area contributed by atoms with Gasteiger partial charge in [-0.15, -0.1) is 0 Å². The lowest BCUT2D eigenvalue weighted by atomic mass is 10.1. The van der Waals surface area contributed by atoms with Crippen molar-refractivity contribution in [3.63, 3.8) is 0 Å². The molecule has 1 amide bonds. The van der Waals surface area contributed by atoms with Crippen molar-refractivity contribution < 1.29 is 18.8 Å². The number of amides is 1. The molecule has 0 spiro atoms. The number of ether oxygens (including phenoxy) is 2. The molecular weight excluding hydrogens is 330 g/mol. The molecule has 1 saturated heterocycles. The maximum absolute atomic E-state index is 12.4. The molecule has 0 saturated carbocycles. The number of thiophene rings is 1. The fourth-order valence-corrected chi connectivity index (χ4v) is 3.35. The Kier molecular flexibility index (Phi) is 5.95. The van der Waals surface area contributed by atoms with Gasteiger partial charge in [-0.3, -0.25) is 4.79 Å². The molecule has 0 radical (unpaired) electrons. The third-order valence-corrected chi connectivity index (χ3v) is 4.57. The highest BCUT2D eigenvalue weighted by atomic mass is 32.1. The number of likely N-dealkylation sites (tertiary alicyclic amines) is 1. The fraction of sp³-hybridized carbons (Fsp3) is 0.562. The predicted octanol–water partition coefficient (Wildman–Crippen LogP) is 2.14. The first-order valence-corrected chi connectivity index (χ1v) is 8.94. The molecule has 7 nitrogen and oxygen atoms in total. The van der Waals surface area contributed by atoms with Crippen LogP contribution >= 0.6 is 11.3 Å². The summed E-state index contributed by atoms with van der Waals surface area (Å²) in [7, 11) is 1.58. The van der Waals surface area contributed by atoms with Crippen LogP contribution in [0.15, 0.2) is 21.3 Å². The highest BCUT2D eigenvalue weighted by molar-refractivity contribution is 7.08. The number of aromatic nitrogens is 2. The number of hydrogen-bond donors (Lipinski definition) is 0. The molecule has 130 valence electrons. The highest BCUT2D eigenvalue weighted by Gasteiger charge is 2.25. The second-order valence-corrected chi connectivity index (χ2v) is 6.47. The Hall–Kier alpha value is -1.77. The average Bonchev–Trinajstić information content (AvgIpc) is 3.27. The van der Waals surface area contributed by atoms with Crippen molar-refractivity contribution in [3.05, 3.63) is 34.1 Å². The summed E-state index contributed by atoms with van der Waals surface area (Å²) in [6.07, 6.45) is 2.57. The van der Waals surface area contributed by atoms with E-state index < -0.39 is 0 Å². The number of hydrogen-bond acceptors (Lipinski definition) is 7. The van der Waals surface area contributed by atoms with E-state index in [0.717, 1.165) is 24.9 Å². The number of carbonyl (C=O) groups is 1. The van der Waals surface area contributed by atoms with E-state index in [1.807, 2.05) is 21.7 Å². The van der Waals surface area contributed by atoms with Crippen LogP contribution in [-0.4, -0.2) is 53.9 Å². The summed E-state index contributed by atoms with van der Waals surface area (Å²) in [5.41, 5.74) is 0.762. The summed E-state index contributed by atoms with van der Waals surface area (Å²) >= 11 is 1.54. The summed E-state index contributed by atoms with van der Waals surface area (Å²) in [6, 6.07) is 1.87. The molecule has 0 aromatic carbocycles. The number of rotatable bonds is 7. The second kappa shape index (κ2) is 8.36. The first kappa shape index (κ1) is 17.1. The number of methoxy groups -OCH3 is 1. The topological polar surface area (TPSA) is 77.7 Å². The molecule has 1 aliphatic heterocycles. The van der Waals surface area contributed by atoms with E-state index in [4.69, 9.17) is 14.0 Å². The normalized spacial score (nSPS) is 18.0. The Morgan fingerprint density at radius 3 is 3.25 bits per heavy atom. The van der Waals surface area contributed by atoms with Gasteiger partial charge in [0.25, 0.3) is 11.8 Å². The average molecular weight is 351 g/mol. The smallest absolute Gasteiger partial charge is 0.254 e. The number of carbonyl (C=O) groups excluding carboxylic acids is 1. The molecular formula is C16H21N3O4S. The van der Waals surface area contributed by atoms with Crippen molar-refractivity contribution in [1.82, 2.24) is 15.0 Å². The van der Waals surface area contributed by atoms with E-state index in [0.29, 0.717) is 37.9 Å². The van der Waals surface area contributed by atoms with E-state index in [-0.39, 0.29) is 12.0 Å². The van der Waals surface area contributed by atoms with Crippen LogP contribution in [0.25, 0.3) is 0 Å². The Morgan fingerprint density at radius 1 is 1.54 bits per heavy atom. The van der Waals surface area contributed by atoms with Gasteiger partial charge in [0.05, 0.1) is 18.3 Å². The molecule has 3 heterocycles. The first-order chi connectivity index (χ1) is 11.8. The maximum Gasteiger partial charge on any atom is 0.254 e.